The lowest BCUT2D eigenvalue weighted by Gasteiger charge is -2.40. The summed E-state index contributed by atoms with van der Waals surface area (Å²) >= 11 is 0. The minimum absolute atomic E-state index is 0. The Morgan fingerprint density at radius 1 is 1.03 bits per heavy atom. The molecule has 1 amide bonds. The fourth-order valence-electron chi connectivity index (χ4n) is 3.96. The molecule has 2 aromatic carbocycles. The van der Waals surface area contributed by atoms with E-state index in [9.17, 15) is 45.8 Å². The van der Waals surface area contributed by atoms with Gasteiger partial charge in [0.1, 0.15) is 28.7 Å². The van der Waals surface area contributed by atoms with Gasteiger partial charge in [-0.05, 0) is 42.5 Å². The van der Waals surface area contributed by atoms with E-state index in [-0.39, 0.29) is 35.3 Å². The van der Waals surface area contributed by atoms with Crippen molar-refractivity contribution in [1.82, 2.24) is 14.6 Å². The van der Waals surface area contributed by atoms with Crippen LogP contribution < -0.4 is 5.32 Å². The number of hydrogen-bond donors (Lipinski definition) is 1. The van der Waals surface area contributed by atoms with Crippen molar-refractivity contribution in [1.29, 1.82) is 0 Å². The van der Waals surface area contributed by atoms with Crippen LogP contribution in [0.3, 0.4) is 0 Å². The molecule has 0 saturated carbocycles. The zero-order valence-electron chi connectivity index (χ0n) is 19.5. The van der Waals surface area contributed by atoms with Gasteiger partial charge in [0.05, 0.1) is 16.8 Å². The molecule has 0 radical (unpaired) electrons. The number of hydrogen-bond acceptors (Lipinski definition) is 4. The first-order chi connectivity index (χ1) is 17.8. The molecule has 4 rings (SSSR count). The first kappa shape index (κ1) is 28.8. The number of pyridine rings is 1. The normalized spacial score (nSPS) is 20.3. The lowest BCUT2D eigenvalue weighted by molar-refractivity contribution is -0.124. The van der Waals surface area contributed by atoms with Crippen LogP contribution >= 0.6 is 10.2 Å². The molecule has 214 valence electrons. The van der Waals surface area contributed by atoms with Crippen LogP contribution in [0.5, 0.6) is 0 Å². The van der Waals surface area contributed by atoms with Gasteiger partial charge < -0.3 is 5.32 Å². The van der Waals surface area contributed by atoms with Crippen molar-refractivity contribution in [3.63, 3.8) is 0 Å². The monoisotopic (exact) mass is 603 g/mol. The third-order valence-electron chi connectivity index (χ3n) is 5.91. The van der Waals surface area contributed by atoms with Gasteiger partial charge in [-0.3, -0.25) is 9.78 Å². The molecule has 0 aliphatic carbocycles. The van der Waals surface area contributed by atoms with Crippen molar-refractivity contribution in [3.8, 4) is 11.3 Å². The molecule has 39 heavy (non-hydrogen) atoms. The van der Waals surface area contributed by atoms with Crippen LogP contribution in [0.25, 0.3) is 11.3 Å². The molecular formula is C23H21F8N3O3S2. The predicted octanol–water partition coefficient (Wildman–Crippen LogP) is 6.35. The van der Waals surface area contributed by atoms with Gasteiger partial charge in [0, 0.05) is 32.1 Å². The summed E-state index contributed by atoms with van der Waals surface area (Å²) in [5.41, 5.74) is -0.367. The summed E-state index contributed by atoms with van der Waals surface area (Å²) in [6.45, 7) is -1.18. The van der Waals surface area contributed by atoms with E-state index in [4.69, 9.17) is 0 Å². The topological polar surface area (TPSA) is 79.4 Å². The smallest absolute Gasteiger partial charge is 0.310 e. The maximum Gasteiger partial charge on any atom is 0.310 e. The van der Waals surface area contributed by atoms with E-state index in [0.29, 0.717) is 10.5 Å². The van der Waals surface area contributed by atoms with E-state index in [2.05, 4.69) is 10.3 Å². The number of nitrogens with zero attached hydrogens (tertiary/aromatic N) is 2. The summed E-state index contributed by atoms with van der Waals surface area (Å²) in [5, 5.41) is 2.30. The van der Waals surface area contributed by atoms with E-state index in [1.165, 1.54) is 0 Å². The lowest BCUT2D eigenvalue weighted by Crippen LogP contribution is -2.45. The highest BCUT2D eigenvalue weighted by Gasteiger charge is 2.65. The van der Waals surface area contributed by atoms with Gasteiger partial charge in [-0.25, -0.2) is 21.6 Å². The van der Waals surface area contributed by atoms with Crippen LogP contribution in [0, 0.1) is 11.6 Å². The van der Waals surface area contributed by atoms with Crippen LogP contribution in [0.4, 0.5) is 32.6 Å². The lowest BCUT2D eigenvalue weighted by atomic mass is 10.1. The molecule has 1 aliphatic rings. The second kappa shape index (κ2) is 9.16. The number of nitrogens with one attached hydrogen (secondary N) is 1. The quantitative estimate of drug-likeness (QED) is 0.320. The maximum absolute atomic E-state index is 14.4. The Hall–Kier alpha value is -3.24. The SMILES string of the molecule is O=C(NCc1cc(-c2ccc(S(F)(F)(F)(F)F)cc2)ncc1F)[C@@H]1C[C@@H](F)CN1S(=O)(=O)c1ccc(F)cc1.[HH]. The number of alkyl halides is 1. The summed E-state index contributed by atoms with van der Waals surface area (Å²) in [5.74, 6) is -2.60. The van der Waals surface area contributed by atoms with Gasteiger partial charge in [0.15, 0.2) is 0 Å². The standard InChI is InChI=1S/C23H19F8N3O3S2.H2/c24-16-3-5-18(6-4-16)38(36,37)34-13-17(25)10-22(34)23(35)33-11-15-9-21(32-12-20(15)26)14-1-7-19(8-2-14)39(27,28,29,30)31;/h1-9,12,17,22H,10-11,13H2,(H,33,35);1H/t17-,22+;/m1./s1. The number of carbonyl (C=O) groups is 1. The second-order valence-corrected chi connectivity index (χ2v) is 13.0. The summed E-state index contributed by atoms with van der Waals surface area (Å²) < 4.78 is 133. The number of rotatable bonds is 7. The van der Waals surface area contributed by atoms with E-state index in [1.807, 2.05) is 0 Å². The molecule has 1 N–H and O–H groups in total. The summed E-state index contributed by atoms with van der Waals surface area (Å²) in [6, 6.07) is 5.06. The zero-order chi connectivity index (χ0) is 28.9. The third kappa shape index (κ3) is 6.33. The molecule has 16 heteroatoms. The van der Waals surface area contributed by atoms with E-state index >= 15 is 0 Å². The van der Waals surface area contributed by atoms with Gasteiger partial charge in [0.2, 0.25) is 15.9 Å². The van der Waals surface area contributed by atoms with Crippen LogP contribution in [0.2, 0.25) is 0 Å². The van der Waals surface area contributed by atoms with Crippen LogP contribution in [-0.4, -0.2) is 42.4 Å². The Bertz CT molecular complexity index is 1530. The van der Waals surface area contributed by atoms with Gasteiger partial charge in [-0.2, -0.15) is 4.31 Å². The average Bonchev–Trinajstić information content (AvgIpc) is 3.25. The predicted molar refractivity (Wildman–Crippen MR) is 129 cm³/mol. The third-order valence-corrected chi connectivity index (χ3v) is 8.96. The number of benzene rings is 2. The van der Waals surface area contributed by atoms with Crippen LogP contribution in [0.15, 0.2) is 70.6 Å². The number of amides is 1. The summed E-state index contributed by atoms with van der Waals surface area (Å²) in [7, 11) is -14.3. The molecular weight excluding hydrogens is 582 g/mol. The van der Waals surface area contributed by atoms with Crippen molar-refractivity contribution >= 4 is 26.2 Å². The van der Waals surface area contributed by atoms with E-state index in [1.54, 1.807) is 0 Å². The van der Waals surface area contributed by atoms with E-state index in [0.717, 1.165) is 42.5 Å². The first-order valence-corrected chi connectivity index (χ1v) is 14.4. The van der Waals surface area contributed by atoms with Gasteiger partial charge >= 0.3 is 10.2 Å². The van der Waals surface area contributed by atoms with Gasteiger partial charge in [0.25, 0.3) is 0 Å². The minimum Gasteiger partial charge on any atom is -0.351 e. The van der Waals surface area contributed by atoms with Crippen LogP contribution in [0.1, 0.15) is 13.4 Å². The highest BCUT2D eigenvalue weighted by Crippen LogP contribution is 3.02. The molecule has 0 bridgehead atoms. The van der Waals surface area contributed by atoms with Crippen molar-refractivity contribution in [2.75, 3.05) is 6.54 Å². The number of halogens is 8. The molecule has 1 aliphatic heterocycles. The van der Waals surface area contributed by atoms with Crippen molar-refractivity contribution in [2.45, 2.75) is 35.0 Å². The Labute approximate surface area is 218 Å². The molecule has 0 spiro atoms. The second-order valence-electron chi connectivity index (χ2n) is 8.75. The molecule has 1 fully saturated rings. The Morgan fingerprint density at radius 3 is 2.23 bits per heavy atom. The highest BCUT2D eigenvalue weighted by atomic mass is 32.5. The molecule has 2 heterocycles. The number of aromatic nitrogens is 1. The summed E-state index contributed by atoms with van der Waals surface area (Å²) in [4.78, 5) is 14.1. The Morgan fingerprint density at radius 2 is 1.64 bits per heavy atom. The first-order valence-electron chi connectivity index (χ1n) is 11.0. The molecule has 1 saturated heterocycles. The van der Waals surface area contributed by atoms with E-state index < -0.39 is 74.4 Å². The van der Waals surface area contributed by atoms with Crippen LogP contribution in [-0.2, 0) is 21.4 Å². The zero-order valence-corrected chi connectivity index (χ0v) is 21.1. The van der Waals surface area contributed by atoms with Gasteiger partial charge in [-0.1, -0.05) is 31.6 Å². The maximum atomic E-state index is 14.4. The molecule has 1 aromatic heterocycles. The van der Waals surface area contributed by atoms with Gasteiger partial charge in [-0.15, -0.1) is 0 Å². The molecule has 2 atom stereocenters. The number of carbonyl (C=O) groups excluding carboxylic acids is 1. The number of sulfonamides is 1. The van der Waals surface area contributed by atoms with Crippen molar-refractivity contribution in [2.24, 2.45) is 0 Å². The van der Waals surface area contributed by atoms with Crippen molar-refractivity contribution < 1.29 is 47.2 Å². The molecule has 3 aromatic rings. The Balaban J connectivity index is 0.00000441. The minimum atomic E-state index is -9.89. The molecule has 6 nitrogen and oxygen atoms in total. The fourth-order valence-corrected chi connectivity index (χ4v) is 6.24. The van der Waals surface area contributed by atoms with Crippen molar-refractivity contribution in [3.05, 3.63) is 78.0 Å². The Kier molecular flexibility index (Phi) is 6.76. The highest BCUT2D eigenvalue weighted by molar-refractivity contribution is 8.45. The fraction of sp³-hybridized carbons (Fsp3) is 0.217. The largest absolute Gasteiger partial charge is 0.351 e. The molecule has 0 unspecified atom stereocenters. The average molecular weight is 604 g/mol. The summed E-state index contributed by atoms with van der Waals surface area (Å²) in [6.07, 6.45) is -1.47.